The van der Waals surface area contributed by atoms with E-state index in [1.54, 1.807) is 23.0 Å². The van der Waals surface area contributed by atoms with E-state index in [1.165, 1.54) is 0 Å². The molecule has 2 N–H and O–H groups in total. The lowest BCUT2D eigenvalue weighted by Crippen LogP contribution is -2.00. The summed E-state index contributed by atoms with van der Waals surface area (Å²) in [6, 6.07) is 1.77. The van der Waals surface area contributed by atoms with Crippen molar-refractivity contribution in [3.63, 3.8) is 0 Å². The molecule has 0 fully saturated rings. The van der Waals surface area contributed by atoms with Crippen molar-refractivity contribution in [2.75, 3.05) is 0 Å². The highest BCUT2D eigenvalue weighted by atomic mass is 16.1. The second-order valence-corrected chi connectivity index (χ2v) is 2.70. The summed E-state index contributed by atoms with van der Waals surface area (Å²) in [5.41, 5.74) is 1.75. The Morgan fingerprint density at radius 2 is 2.31 bits per heavy atom. The Morgan fingerprint density at radius 3 is 3.23 bits per heavy atom. The van der Waals surface area contributed by atoms with Crippen molar-refractivity contribution >= 4 is 16.8 Å². The van der Waals surface area contributed by atoms with Gasteiger partial charge in [0.1, 0.15) is 5.52 Å². The first-order chi connectivity index (χ1) is 6.34. The average Bonchev–Trinajstić information content (AvgIpc) is 2.65. The standard InChI is InChI=1S/C7H5N5O/c13-7-10-4-3-8-5-1-2-9-12(5)6(4)11-7/h1-3H,(H2,10,11,13). The molecular weight excluding hydrogens is 170 g/mol. The Kier molecular flexibility index (Phi) is 0.974. The predicted molar refractivity (Wildman–Crippen MR) is 45.5 cm³/mol. The molecule has 0 radical (unpaired) electrons. The molecule has 0 atom stereocenters. The van der Waals surface area contributed by atoms with Gasteiger partial charge in [-0.05, 0) is 0 Å². The van der Waals surface area contributed by atoms with Crippen LogP contribution in [-0.4, -0.2) is 24.6 Å². The van der Waals surface area contributed by atoms with Crippen LogP contribution >= 0.6 is 0 Å². The number of H-pyrrole nitrogens is 2. The molecule has 0 aliphatic heterocycles. The zero-order valence-corrected chi connectivity index (χ0v) is 6.48. The maximum atomic E-state index is 11.0. The molecule has 6 nitrogen and oxygen atoms in total. The number of nitrogens with zero attached hydrogens (tertiary/aromatic N) is 3. The first kappa shape index (κ1) is 6.41. The van der Waals surface area contributed by atoms with Crippen LogP contribution in [0.15, 0.2) is 23.3 Å². The molecule has 13 heavy (non-hydrogen) atoms. The molecular formula is C7H5N5O. The van der Waals surface area contributed by atoms with Crippen molar-refractivity contribution in [1.29, 1.82) is 0 Å². The van der Waals surface area contributed by atoms with Crippen LogP contribution in [0.1, 0.15) is 0 Å². The van der Waals surface area contributed by atoms with Crippen LogP contribution in [0.3, 0.4) is 0 Å². The van der Waals surface area contributed by atoms with Crippen molar-refractivity contribution < 1.29 is 0 Å². The van der Waals surface area contributed by atoms with Gasteiger partial charge in [0, 0.05) is 6.07 Å². The minimum absolute atomic E-state index is 0.250. The maximum Gasteiger partial charge on any atom is 0.325 e. The van der Waals surface area contributed by atoms with Crippen molar-refractivity contribution in [1.82, 2.24) is 24.6 Å². The predicted octanol–water partition coefficient (Wildman–Crippen LogP) is -0.101. The highest BCUT2D eigenvalue weighted by Gasteiger charge is 2.03. The lowest BCUT2D eigenvalue weighted by Gasteiger charge is -1.91. The molecule has 3 heterocycles. The summed E-state index contributed by atoms with van der Waals surface area (Å²) in [6.07, 6.45) is 3.23. The number of rotatable bonds is 0. The zero-order chi connectivity index (χ0) is 8.84. The summed E-state index contributed by atoms with van der Waals surface area (Å²) in [6.45, 7) is 0. The third-order valence-electron chi connectivity index (χ3n) is 1.90. The molecule has 0 saturated heterocycles. The van der Waals surface area contributed by atoms with E-state index in [-0.39, 0.29) is 5.69 Å². The quantitative estimate of drug-likeness (QED) is 0.500. The Bertz CT molecular complexity index is 631. The minimum atomic E-state index is -0.250. The SMILES string of the molecule is O=c1[nH]c2cnc3ccnn3c2[nH]1. The monoisotopic (exact) mass is 175 g/mol. The smallest absolute Gasteiger partial charge is 0.303 e. The van der Waals surface area contributed by atoms with E-state index in [1.807, 2.05) is 0 Å². The van der Waals surface area contributed by atoms with Crippen LogP contribution in [0.25, 0.3) is 16.8 Å². The number of aromatic amines is 2. The summed E-state index contributed by atoms with van der Waals surface area (Å²) < 4.78 is 1.58. The van der Waals surface area contributed by atoms with Crippen LogP contribution in [0.2, 0.25) is 0 Å². The Labute approximate surface area is 71.2 Å². The maximum absolute atomic E-state index is 11.0. The molecule has 3 rings (SSSR count). The summed E-state index contributed by atoms with van der Waals surface area (Å²) in [7, 11) is 0. The fourth-order valence-corrected chi connectivity index (χ4v) is 1.35. The molecule has 3 aromatic heterocycles. The van der Waals surface area contributed by atoms with Gasteiger partial charge in [-0.1, -0.05) is 0 Å². The highest BCUT2D eigenvalue weighted by molar-refractivity contribution is 5.71. The first-order valence-electron chi connectivity index (χ1n) is 3.75. The van der Waals surface area contributed by atoms with E-state index in [9.17, 15) is 4.79 Å². The van der Waals surface area contributed by atoms with Gasteiger partial charge in [-0.2, -0.15) is 9.61 Å². The van der Waals surface area contributed by atoms with Gasteiger partial charge in [-0.25, -0.2) is 9.78 Å². The Balaban J connectivity index is 2.71. The normalized spacial score (nSPS) is 11.4. The Morgan fingerprint density at radius 1 is 1.38 bits per heavy atom. The number of fused-ring (bicyclic) bond motifs is 3. The van der Waals surface area contributed by atoms with Gasteiger partial charge in [0.15, 0.2) is 11.3 Å². The number of aromatic nitrogens is 5. The summed E-state index contributed by atoms with van der Waals surface area (Å²) >= 11 is 0. The largest absolute Gasteiger partial charge is 0.325 e. The van der Waals surface area contributed by atoms with E-state index in [2.05, 4.69) is 20.1 Å². The molecule has 0 amide bonds. The van der Waals surface area contributed by atoms with E-state index in [0.29, 0.717) is 16.8 Å². The molecule has 0 spiro atoms. The number of nitrogens with one attached hydrogen (secondary N) is 2. The minimum Gasteiger partial charge on any atom is -0.303 e. The molecule has 0 bridgehead atoms. The van der Waals surface area contributed by atoms with Crippen LogP contribution in [0, 0.1) is 0 Å². The molecule has 64 valence electrons. The van der Waals surface area contributed by atoms with E-state index < -0.39 is 0 Å². The van der Waals surface area contributed by atoms with Gasteiger partial charge in [0.25, 0.3) is 0 Å². The van der Waals surface area contributed by atoms with Crippen LogP contribution < -0.4 is 5.69 Å². The number of hydrogen-bond acceptors (Lipinski definition) is 3. The molecule has 0 unspecified atom stereocenters. The lowest BCUT2D eigenvalue weighted by atomic mass is 10.5. The number of imidazole rings is 1. The van der Waals surface area contributed by atoms with Gasteiger partial charge < -0.3 is 4.98 Å². The van der Waals surface area contributed by atoms with Gasteiger partial charge in [-0.3, -0.25) is 4.98 Å². The summed E-state index contributed by atoms with van der Waals surface area (Å²) in [5, 5.41) is 4.02. The lowest BCUT2D eigenvalue weighted by molar-refractivity contribution is 0.966. The number of hydrogen-bond donors (Lipinski definition) is 2. The molecule has 0 aromatic carbocycles. The van der Waals surface area contributed by atoms with Crippen LogP contribution in [-0.2, 0) is 0 Å². The summed E-state index contributed by atoms with van der Waals surface area (Å²) in [5.74, 6) is 0. The van der Waals surface area contributed by atoms with Gasteiger partial charge in [0.2, 0.25) is 0 Å². The van der Waals surface area contributed by atoms with E-state index in [0.717, 1.165) is 0 Å². The van der Waals surface area contributed by atoms with Crippen molar-refractivity contribution in [2.45, 2.75) is 0 Å². The fraction of sp³-hybridized carbons (Fsp3) is 0. The van der Waals surface area contributed by atoms with Crippen LogP contribution in [0.4, 0.5) is 0 Å². The van der Waals surface area contributed by atoms with E-state index >= 15 is 0 Å². The molecule has 0 saturated carbocycles. The third kappa shape index (κ3) is 0.738. The van der Waals surface area contributed by atoms with Crippen molar-refractivity contribution in [3.8, 4) is 0 Å². The topological polar surface area (TPSA) is 78.8 Å². The van der Waals surface area contributed by atoms with Crippen molar-refractivity contribution in [3.05, 3.63) is 28.9 Å². The van der Waals surface area contributed by atoms with E-state index in [4.69, 9.17) is 0 Å². The van der Waals surface area contributed by atoms with Gasteiger partial charge in [0.05, 0.1) is 12.4 Å². The molecule has 0 aliphatic carbocycles. The highest BCUT2D eigenvalue weighted by Crippen LogP contribution is 2.06. The second kappa shape index (κ2) is 1.98. The van der Waals surface area contributed by atoms with Gasteiger partial charge in [-0.15, -0.1) is 0 Å². The zero-order valence-electron chi connectivity index (χ0n) is 6.48. The van der Waals surface area contributed by atoms with Gasteiger partial charge >= 0.3 is 5.69 Å². The Hall–Kier alpha value is -2.11. The first-order valence-corrected chi connectivity index (χ1v) is 3.75. The third-order valence-corrected chi connectivity index (χ3v) is 1.90. The molecule has 3 aromatic rings. The van der Waals surface area contributed by atoms with Crippen molar-refractivity contribution in [2.24, 2.45) is 0 Å². The van der Waals surface area contributed by atoms with Crippen LogP contribution in [0.5, 0.6) is 0 Å². The summed E-state index contributed by atoms with van der Waals surface area (Å²) in [4.78, 5) is 20.3. The average molecular weight is 175 g/mol. The fourth-order valence-electron chi connectivity index (χ4n) is 1.35. The second-order valence-electron chi connectivity index (χ2n) is 2.70. The molecule has 6 heteroatoms. The molecule has 0 aliphatic rings.